The van der Waals surface area contributed by atoms with E-state index < -0.39 is 0 Å². The monoisotopic (exact) mass is 198 g/mol. The lowest BCUT2D eigenvalue weighted by molar-refractivity contribution is -0.138. The lowest BCUT2D eigenvalue weighted by Gasteiger charge is -1.96. The van der Waals surface area contributed by atoms with Crippen LogP contribution in [0.2, 0.25) is 0 Å². The van der Waals surface area contributed by atoms with Gasteiger partial charge in [-0.1, -0.05) is 33.1 Å². The van der Waals surface area contributed by atoms with Crippen LogP contribution in [-0.2, 0) is 9.53 Å². The highest BCUT2D eigenvalue weighted by Crippen LogP contribution is 2.03. The number of ether oxygens (including phenoxy) is 1. The molecule has 0 heterocycles. The van der Waals surface area contributed by atoms with Crippen molar-refractivity contribution < 1.29 is 9.53 Å². The van der Waals surface area contributed by atoms with E-state index in [0.29, 0.717) is 6.42 Å². The van der Waals surface area contributed by atoms with Gasteiger partial charge in [0.1, 0.15) is 0 Å². The molecule has 0 N–H and O–H groups in total. The summed E-state index contributed by atoms with van der Waals surface area (Å²) in [6.45, 7) is 4.16. The number of allylic oxidation sites excluding steroid dienone is 1. The fourth-order valence-corrected chi connectivity index (χ4v) is 1.14. The Morgan fingerprint density at radius 1 is 1.14 bits per heavy atom. The van der Waals surface area contributed by atoms with Gasteiger partial charge < -0.3 is 4.74 Å². The Morgan fingerprint density at radius 3 is 2.57 bits per heavy atom. The lowest BCUT2D eigenvalue weighted by atomic mass is 10.1. The van der Waals surface area contributed by atoms with Gasteiger partial charge in [-0.25, -0.2) is 0 Å². The van der Waals surface area contributed by atoms with Crippen LogP contribution in [0, 0.1) is 0 Å². The van der Waals surface area contributed by atoms with E-state index in [1.165, 1.54) is 31.9 Å². The predicted molar refractivity (Wildman–Crippen MR) is 58.9 cm³/mol. The van der Waals surface area contributed by atoms with Crippen LogP contribution in [0.3, 0.4) is 0 Å². The maximum absolute atomic E-state index is 10.9. The number of rotatable bonds is 8. The van der Waals surface area contributed by atoms with Gasteiger partial charge in [0.15, 0.2) is 0 Å². The van der Waals surface area contributed by atoms with Crippen LogP contribution in [0.25, 0.3) is 0 Å². The molecule has 0 radical (unpaired) electrons. The molecule has 0 amide bonds. The van der Waals surface area contributed by atoms with Crippen molar-refractivity contribution in [1.82, 2.24) is 0 Å². The van der Waals surface area contributed by atoms with E-state index in [2.05, 4.69) is 6.92 Å². The van der Waals surface area contributed by atoms with Crippen LogP contribution >= 0.6 is 0 Å². The van der Waals surface area contributed by atoms with Crippen LogP contribution in [0.4, 0.5) is 0 Å². The Hall–Kier alpha value is -0.790. The van der Waals surface area contributed by atoms with E-state index in [4.69, 9.17) is 4.74 Å². The molecule has 0 aliphatic carbocycles. The van der Waals surface area contributed by atoms with Crippen molar-refractivity contribution in [2.24, 2.45) is 0 Å². The SMILES string of the molecule is CCCCCCC=COC(=O)CCC. The van der Waals surface area contributed by atoms with Gasteiger partial charge in [-0.3, -0.25) is 4.79 Å². The van der Waals surface area contributed by atoms with Gasteiger partial charge in [-0.15, -0.1) is 0 Å². The molecule has 0 bridgehead atoms. The summed E-state index contributed by atoms with van der Waals surface area (Å²) < 4.78 is 4.87. The molecule has 0 saturated carbocycles. The molecule has 0 aliphatic heterocycles. The van der Waals surface area contributed by atoms with E-state index in [-0.39, 0.29) is 5.97 Å². The first kappa shape index (κ1) is 13.2. The first-order valence-electron chi connectivity index (χ1n) is 5.65. The van der Waals surface area contributed by atoms with E-state index in [0.717, 1.165) is 12.8 Å². The maximum atomic E-state index is 10.9. The molecule has 82 valence electrons. The summed E-state index contributed by atoms with van der Waals surface area (Å²) in [5, 5.41) is 0. The zero-order chi connectivity index (χ0) is 10.6. The van der Waals surface area contributed by atoms with Gasteiger partial charge in [0.25, 0.3) is 0 Å². The van der Waals surface area contributed by atoms with Gasteiger partial charge in [0, 0.05) is 6.42 Å². The molecule has 0 aromatic carbocycles. The van der Waals surface area contributed by atoms with Gasteiger partial charge in [0.2, 0.25) is 0 Å². The van der Waals surface area contributed by atoms with Crippen molar-refractivity contribution >= 4 is 5.97 Å². The first-order chi connectivity index (χ1) is 6.81. The lowest BCUT2D eigenvalue weighted by Crippen LogP contribution is -1.97. The van der Waals surface area contributed by atoms with Crippen LogP contribution in [-0.4, -0.2) is 5.97 Å². The van der Waals surface area contributed by atoms with Gasteiger partial charge in [0.05, 0.1) is 6.26 Å². The zero-order valence-corrected chi connectivity index (χ0v) is 9.42. The predicted octanol–water partition coefficient (Wildman–Crippen LogP) is 3.81. The fourth-order valence-electron chi connectivity index (χ4n) is 1.14. The third-order valence-corrected chi connectivity index (χ3v) is 1.97. The highest BCUT2D eigenvalue weighted by atomic mass is 16.5. The topological polar surface area (TPSA) is 26.3 Å². The van der Waals surface area contributed by atoms with Crippen LogP contribution in [0.1, 0.15) is 58.8 Å². The Bertz CT molecular complexity index is 162. The number of carbonyl (C=O) groups excluding carboxylic acids is 1. The number of hydrogen-bond acceptors (Lipinski definition) is 2. The molecule has 0 aliphatic rings. The molecule has 0 fully saturated rings. The number of unbranched alkanes of at least 4 members (excludes halogenated alkanes) is 4. The normalized spacial score (nSPS) is 10.7. The third kappa shape index (κ3) is 9.30. The van der Waals surface area contributed by atoms with Crippen molar-refractivity contribution in [1.29, 1.82) is 0 Å². The van der Waals surface area contributed by atoms with Gasteiger partial charge >= 0.3 is 5.97 Å². The molecule has 0 aromatic heterocycles. The Balaban J connectivity index is 3.22. The summed E-state index contributed by atoms with van der Waals surface area (Å²) in [7, 11) is 0. The van der Waals surface area contributed by atoms with Crippen LogP contribution < -0.4 is 0 Å². The zero-order valence-electron chi connectivity index (χ0n) is 9.42. The first-order valence-corrected chi connectivity index (χ1v) is 5.65. The average molecular weight is 198 g/mol. The second kappa shape index (κ2) is 10.3. The summed E-state index contributed by atoms with van der Waals surface area (Å²) in [6, 6.07) is 0. The second-order valence-corrected chi connectivity index (χ2v) is 3.46. The largest absolute Gasteiger partial charge is 0.435 e. The molecule has 0 unspecified atom stereocenters. The molecule has 0 saturated heterocycles. The van der Waals surface area contributed by atoms with Gasteiger partial charge in [-0.2, -0.15) is 0 Å². The minimum absolute atomic E-state index is 0.127. The van der Waals surface area contributed by atoms with Crippen LogP contribution in [0.5, 0.6) is 0 Å². The Labute approximate surface area is 87.3 Å². The average Bonchev–Trinajstić information content (AvgIpc) is 2.17. The number of carbonyl (C=O) groups is 1. The number of esters is 1. The van der Waals surface area contributed by atoms with E-state index >= 15 is 0 Å². The summed E-state index contributed by atoms with van der Waals surface area (Å²) in [5.41, 5.74) is 0. The quantitative estimate of drug-likeness (QED) is 0.337. The minimum Gasteiger partial charge on any atom is -0.435 e. The van der Waals surface area contributed by atoms with Crippen molar-refractivity contribution in [3.8, 4) is 0 Å². The molecule has 0 atom stereocenters. The highest BCUT2D eigenvalue weighted by Gasteiger charge is 1.95. The minimum atomic E-state index is -0.127. The van der Waals surface area contributed by atoms with Crippen molar-refractivity contribution in [2.45, 2.75) is 58.8 Å². The summed E-state index contributed by atoms with van der Waals surface area (Å²) in [5.74, 6) is -0.127. The van der Waals surface area contributed by atoms with Crippen molar-refractivity contribution in [3.05, 3.63) is 12.3 Å². The molecule has 0 spiro atoms. The number of hydrogen-bond donors (Lipinski definition) is 0. The van der Waals surface area contributed by atoms with Crippen molar-refractivity contribution in [3.63, 3.8) is 0 Å². The standard InChI is InChI=1S/C12H22O2/c1-3-5-6-7-8-9-11-14-12(13)10-4-2/h9,11H,3-8,10H2,1-2H3. The molecule has 2 heteroatoms. The molecule has 2 nitrogen and oxygen atoms in total. The fraction of sp³-hybridized carbons (Fsp3) is 0.750. The summed E-state index contributed by atoms with van der Waals surface area (Å²) >= 11 is 0. The Kier molecular flexibility index (Phi) is 9.71. The summed E-state index contributed by atoms with van der Waals surface area (Å²) in [4.78, 5) is 10.9. The third-order valence-electron chi connectivity index (χ3n) is 1.97. The Morgan fingerprint density at radius 2 is 1.93 bits per heavy atom. The van der Waals surface area contributed by atoms with Crippen LogP contribution in [0.15, 0.2) is 12.3 Å². The second-order valence-electron chi connectivity index (χ2n) is 3.46. The highest BCUT2D eigenvalue weighted by molar-refractivity contribution is 5.69. The molecule has 0 rings (SSSR count). The van der Waals surface area contributed by atoms with Gasteiger partial charge in [-0.05, 0) is 25.3 Å². The molecular formula is C12H22O2. The van der Waals surface area contributed by atoms with E-state index in [1.54, 1.807) is 0 Å². The van der Waals surface area contributed by atoms with E-state index in [9.17, 15) is 4.79 Å². The molecule has 14 heavy (non-hydrogen) atoms. The summed E-state index contributed by atoms with van der Waals surface area (Å²) in [6.07, 6.45) is 10.9. The smallest absolute Gasteiger partial charge is 0.310 e. The molecule has 0 aromatic rings. The molecular weight excluding hydrogens is 176 g/mol. The maximum Gasteiger partial charge on any atom is 0.310 e. The van der Waals surface area contributed by atoms with E-state index in [1.807, 2.05) is 13.0 Å². The van der Waals surface area contributed by atoms with Crippen molar-refractivity contribution in [2.75, 3.05) is 0 Å².